The second-order valence-electron chi connectivity index (χ2n) is 3.65. The van der Waals surface area contributed by atoms with Crippen LogP contribution in [0.15, 0.2) is 30.3 Å². The summed E-state index contributed by atoms with van der Waals surface area (Å²) in [5.41, 5.74) is 6.86. The van der Waals surface area contributed by atoms with E-state index in [0.717, 1.165) is 15.3 Å². The van der Waals surface area contributed by atoms with Gasteiger partial charge in [-0.3, -0.25) is 0 Å². The third kappa shape index (κ3) is 2.58. The summed E-state index contributed by atoms with van der Waals surface area (Å²) in [5.74, 6) is 0. The Morgan fingerprint density at radius 3 is 2.25 bits per heavy atom. The molecule has 1 heterocycles. The lowest BCUT2D eigenvalue weighted by molar-refractivity contribution is 0.838. The van der Waals surface area contributed by atoms with Gasteiger partial charge in [-0.15, -0.1) is 11.3 Å². The minimum atomic E-state index is 0.0633. The van der Waals surface area contributed by atoms with Gasteiger partial charge in [0.2, 0.25) is 0 Å². The van der Waals surface area contributed by atoms with Crippen LogP contribution in [0, 0.1) is 0 Å². The maximum atomic E-state index is 5.96. The van der Waals surface area contributed by atoms with Crippen LogP contribution in [0.3, 0.4) is 0 Å². The van der Waals surface area contributed by atoms with Gasteiger partial charge in [0.1, 0.15) is 0 Å². The van der Waals surface area contributed by atoms with Crippen LogP contribution in [0.1, 0.15) is 17.8 Å². The SMILES string of the molecule is CC(N)c1ccc(-c2cc(Cl)cc(Cl)c2)s1. The highest BCUT2D eigenvalue weighted by Crippen LogP contribution is 2.33. The molecule has 0 amide bonds. The van der Waals surface area contributed by atoms with Crippen LogP contribution < -0.4 is 5.73 Å². The molecule has 1 atom stereocenters. The first-order chi connectivity index (χ1) is 7.56. The standard InChI is InChI=1S/C12H11Cl2NS/c1-7(15)11-2-3-12(16-11)8-4-9(13)6-10(14)5-8/h2-7H,15H2,1H3. The van der Waals surface area contributed by atoms with Crippen molar-refractivity contribution in [3.63, 3.8) is 0 Å². The molecule has 1 aromatic carbocycles. The van der Waals surface area contributed by atoms with E-state index in [1.807, 2.05) is 31.2 Å². The fraction of sp³-hybridized carbons (Fsp3) is 0.167. The van der Waals surface area contributed by atoms with Crippen LogP contribution in [0.2, 0.25) is 10.0 Å². The van der Waals surface area contributed by atoms with Gasteiger partial charge < -0.3 is 5.73 Å². The summed E-state index contributed by atoms with van der Waals surface area (Å²) >= 11 is 13.6. The van der Waals surface area contributed by atoms with E-state index >= 15 is 0 Å². The zero-order chi connectivity index (χ0) is 11.7. The first-order valence-corrected chi connectivity index (χ1v) is 6.45. The summed E-state index contributed by atoms with van der Waals surface area (Å²) in [6.45, 7) is 1.97. The summed E-state index contributed by atoms with van der Waals surface area (Å²) in [4.78, 5) is 2.29. The summed E-state index contributed by atoms with van der Waals surface area (Å²) in [6.07, 6.45) is 0. The van der Waals surface area contributed by atoms with Crippen LogP contribution in [0.5, 0.6) is 0 Å². The van der Waals surface area contributed by atoms with Crippen LogP contribution in [-0.4, -0.2) is 0 Å². The van der Waals surface area contributed by atoms with Crippen molar-refractivity contribution in [3.05, 3.63) is 45.3 Å². The van der Waals surface area contributed by atoms with E-state index in [1.165, 1.54) is 0 Å². The van der Waals surface area contributed by atoms with E-state index in [2.05, 4.69) is 0 Å². The van der Waals surface area contributed by atoms with Gasteiger partial charge in [0.25, 0.3) is 0 Å². The maximum Gasteiger partial charge on any atom is 0.0427 e. The Balaban J connectivity index is 2.42. The molecule has 4 heteroatoms. The average molecular weight is 272 g/mol. The van der Waals surface area contributed by atoms with Gasteiger partial charge in [-0.2, -0.15) is 0 Å². The van der Waals surface area contributed by atoms with E-state index in [4.69, 9.17) is 28.9 Å². The first-order valence-electron chi connectivity index (χ1n) is 4.88. The highest BCUT2D eigenvalue weighted by molar-refractivity contribution is 7.15. The molecule has 0 spiro atoms. The maximum absolute atomic E-state index is 5.96. The zero-order valence-corrected chi connectivity index (χ0v) is 11.0. The largest absolute Gasteiger partial charge is 0.324 e. The Morgan fingerprint density at radius 2 is 1.75 bits per heavy atom. The molecule has 1 nitrogen and oxygen atoms in total. The second kappa shape index (κ2) is 4.76. The fourth-order valence-electron chi connectivity index (χ4n) is 1.45. The lowest BCUT2D eigenvalue weighted by atomic mass is 10.2. The third-order valence-electron chi connectivity index (χ3n) is 2.22. The molecule has 2 N–H and O–H groups in total. The zero-order valence-electron chi connectivity index (χ0n) is 8.71. The fourth-order valence-corrected chi connectivity index (χ4v) is 2.92. The molecule has 84 valence electrons. The molecule has 1 aromatic heterocycles. The molecule has 2 rings (SSSR count). The molecular formula is C12H11Cl2NS. The van der Waals surface area contributed by atoms with Crippen molar-refractivity contribution in [2.45, 2.75) is 13.0 Å². The topological polar surface area (TPSA) is 26.0 Å². The van der Waals surface area contributed by atoms with Crippen molar-refractivity contribution in [2.24, 2.45) is 5.73 Å². The monoisotopic (exact) mass is 271 g/mol. The molecule has 16 heavy (non-hydrogen) atoms. The lowest BCUT2D eigenvalue weighted by Crippen LogP contribution is -2.01. The predicted molar refractivity (Wildman–Crippen MR) is 72.4 cm³/mol. The summed E-state index contributed by atoms with van der Waals surface area (Å²) < 4.78 is 0. The van der Waals surface area contributed by atoms with Crippen LogP contribution >= 0.6 is 34.5 Å². The molecule has 0 radical (unpaired) electrons. The van der Waals surface area contributed by atoms with Crippen LogP contribution in [0.4, 0.5) is 0 Å². The van der Waals surface area contributed by atoms with Crippen molar-refractivity contribution in [2.75, 3.05) is 0 Å². The number of nitrogens with two attached hydrogens (primary N) is 1. The number of thiophene rings is 1. The Hall–Kier alpha value is -0.540. The molecule has 0 bridgehead atoms. The normalized spacial score (nSPS) is 12.8. The van der Waals surface area contributed by atoms with Gasteiger partial charge in [-0.1, -0.05) is 23.2 Å². The number of rotatable bonds is 2. The van der Waals surface area contributed by atoms with Gasteiger partial charge >= 0.3 is 0 Å². The van der Waals surface area contributed by atoms with Gasteiger partial charge in [-0.25, -0.2) is 0 Å². The van der Waals surface area contributed by atoms with E-state index in [1.54, 1.807) is 17.4 Å². The number of benzene rings is 1. The van der Waals surface area contributed by atoms with Crippen molar-refractivity contribution in [1.82, 2.24) is 0 Å². The molecular weight excluding hydrogens is 261 g/mol. The summed E-state index contributed by atoms with van der Waals surface area (Å²) in [5, 5.41) is 1.30. The smallest absolute Gasteiger partial charge is 0.0427 e. The molecule has 0 aliphatic carbocycles. The molecule has 0 aliphatic heterocycles. The van der Waals surface area contributed by atoms with Gasteiger partial charge in [-0.05, 0) is 42.8 Å². The first kappa shape index (κ1) is 11.9. The number of hydrogen-bond acceptors (Lipinski definition) is 2. The minimum Gasteiger partial charge on any atom is -0.324 e. The Morgan fingerprint density at radius 1 is 1.12 bits per heavy atom. The van der Waals surface area contributed by atoms with Crippen LogP contribution in [-0.2, 0) is 0 Å². The quantitative estimate of drug-likeness (QED) is 0.839. The van der Waals surface area contributed by atoms with E-state index in [-0.39, 0.29) is 6.04 Å². The Labute approximate surface area is 109 Å². The average Bonchev–Trinajstić information content (AvgIpc) is 2.64. The lowest BCUT2D eigenvalue weighted by Gasteiger charge is -2.01. The van der Waals surface area contributed by atoms with E-state index in [0.29, 0.717) is 10.0 Å². The van der Waals surface area contributed by atoms with Crippen molar-refractivity contribution in [3.8, 4) is 10.4 Å². The molecule has 0 aliphatic rings. The summed E-state index contributed by atoms with van der Waals surface area (Å²) in [7, 11) is 0. The van der Waals surface area contributed by atoms with Gasteiger partial charge in [0, 0.05) is 25.8 Å². The second-order valence-corrected chi connectivity index (χ2v) is 5.64. The minimum absolute atomic E-state index is 0.0633. The molecule has 0 saturated heterocycles. The highest BCUT2D eigenvalue weighted by atomic mass is 35.5. The molecule has 2 aromatic rings. The van der Waals surface area contributed by atoms with Crippen molar-refractivity contribution < 1.29 is 0 Å². The predicted octanol–water partition coefficient (Wildman–Crippen LogP) is 4.74. The summed E-state index contributed by atoms with van der Waals surface area (Å²) in [6, 6.07) is 9.69. The highest BCUT2D eigenvalue weighted by Gasteiger charge is 2.07. The molecule has 0 saturated carbocycles. The Bertz CT molecular complexity index is 485. The van der Waals surface area contributed by atoms with Crippen molar-refractivity contribution in [1.29, 1.82) is 0 Å². The van der Waals surface area contributed by atoms with Gasteiger partial charge in [0.15, 0.2) is 0 Å². The number of halogens is 2. The number of hydrogen-bond donors (Lipinski definition) is 1. The molecule has 1 unspecified atom stereocenters. The van der Waals surface area contributed by atoms with Crippen LogP contribution in [0.25, 0.3) is 10.4 Å². The molecule has 0 fully saturated rings. The van der Waals surface area contributed by atoms with Crippen molar-refractivity contribution >= 4 is 34.5 Å². The van der Waals surface area contributed by atoms with Gasteiger partial charge in [0.05, 0.1) is 0 Å². The third-order valence-corrected chi connectivity index (χ3v) is 3.99. The van der Waals surface area contributed by atoms with E-state index < -0.39 is 0 Å². The Kier molecular flexibility index (Phi) is 3.55. The van der Waals surface area contributed by atoms with E-state index in [9.17, 15) is 0 Å².